The van der Waals surface area contributed by atoms with Crippen LogP contribution in [-0.2, 0) is 9.53 Å². The van der Waals surface area contributed by atoms with Crippen molar-refractivity contribution in [1.29, 1.82) is 0 Å². The largest absolute Gasteiger partial charge is 0.381 e. The molecule has 2 saturated heterocycles. The molecule has 0 unspecified atom stereocenters. The molecule has 0 spiro atoms. The molecular formula is C14H21N3O2S. The summed E-state index contributed by atoms with van der Waals surface area (Å²) in [6, 6.07) is 0.313. The molecule has 2 aliphatic rings. The summed E-state index contributed by atoms with van der Waals surface area (Å²) in [7, 11) is 0. The van der Waals surface area contributed by atoms with Crippen LogP contribution in [0, 0.1) is 5.92 Å². The molecule has 1 aromatic heterocycles. The maximum absolute atomic E-state index is 12.3. The molecule has 1 N–H and O–H groups in total. The van der Waals surface area contributed by atoms with Crippen LogP contribution in [-0.4, -0.2) is 43.2 Å². The number of rotatable bonds is 3. The summed E-state index contributed by atoms with van der Waals surface area (Å²) in [5.74, 6) is 0.393. The monoisotopic (exact) mass is 295 g/mol. The number of ether oxygens (including phenoxy) is 1. The van der Waals surface area contributed by atoms with E-state index in [1.54, 1.807) is 11.3 Å². The van der Waals surface area contributed by atoms with E-state index in [-0.39, 0.29) is 11.8 Å². The Morgan fingerprint density at radius 1 is 1.30 bits per heavy atom. The van der Waals surface area contributed by atoms with Gasteiger partial charge in [-0.25, -0.2) is 4.98 Å². The SMILES string of the molecule is O=C(NC1CCOCC1)C1CCN(c2nccs2)CC1. The molecule has 1 amide bonds. The van der Waals surface area contributed by atoms with Gasteiger partial charge in [-0.2, -0.15) is 0 Å². The number of thiazole rings is 1. The van der Waals surface area contributed by atoms with Crippen LogP contribution in [0.3, 0.4) is 0 Å². The van der Waals surface area contributed by atoms with Crippen LogP contribution in [0.1, 0.15) is 25.7 Å². The predicted molar refractivity (Wildman–Crippen MR) is 79.0 cm³/mol. The van der Waals surface area contributed by atoms with Gasteiger partial charge in [0.15, 0.2) is 5.13 Å². The number of nitrogens with one attached hydrogen (secondary N) is 1. The van der Waals surface area contributed by atoms with Crippen LogP contribution in [0.15, 0.2) is 11.6 Å². The first-order chi connectivity index (χ1) is 9.83. The van der Waals surface area contributed by atoms with Gasteiger partial charge in [0.25, 0.3) is 0 Å². The Morgan fingerprint density at radius 3 is 2.70 bits per heavy atom. The molecule has 2 aliphatic heterocycles. The average molecular weight is 295 g/mol. The van der Waals surface area contributed by atoms with E-state index < -0.39 is 0 Å². The van der Waals surface area contributed by atoms with Gasteiger partial charge in [0.2, 0.25) is 5.91 Å². The van der Waals surface area contributed by atoms with Gasteiger partial charge < -0.3 is 15.0 Å². The third-order valence-electron chi connectivity index (χ3n) is 4.12. The summed E-state index contributed by atoms with van der Waals surface area (Å²) in [6.45, 7) is 3.40. The van der Waals surface area contributed by atoms with Crippen molar-refractivity contribution in [2.24, 2.45) is 5.92 Å². The van der Waals surface area contributed by atoms with Crippen molar-refractivity contribution in [3.8, 4) is 0 Å². The molecule has 2 fully saturated rings. The molecule has 0 bridgehead atoms. The van der Waals surface area contributed by atoms with Gasteiger partial charge in [0.05, 0.1) is 0 Å². The maximum atomic E-state index is 12.3. The molecule has 0 aromatic carbocycles. The summed E-state index contributed by atoms with van der Waals surface area (Å²) >= 11 is 1.67. The number of amides is 1. The molecule has 1 aromatic rings. The lowest BCUT2D eigenvalue weighted by atomic mass is 9.95. The minimum absolute atomic E-state index is 0.161. The fourth-order valence-corrected chi connectivity index (χ4v) is 3.56. The van der Waals surface area contributed by atoms with Crippen molar-refractivity contribution in [2.75, 3.05) is 31.2 Å². The van der Waals surface area contributed by atoms with Gasteiger partial charge >= 0.3 is 0 Å². The standard InChI is InChI=1S/C14H21N3O2S/c18-13(16-12-3-8-19-9-4-12)11-1-6-17(7-2-11)14-15-5-10-20-14/h5,10-12H,1-4,6-9H2,(H,16,18). The van der Waals surface area contributed by atoms with Crippen LogP contribution in [0.5, 0.6) is 0 Å². The Morgan fingerprint density at radius 2 is 2.05 bits per heavy atom. The highest BCUT2D eigenvalue weighted by atomic mass is 32.1. The first kappa shape index (κ1) is 13.8. The minimum atomic E-state index is 0.161. The lowest BCUT2D eigenvalue weighted by Crippen LogP contribution is -2.45. The average Bonchev–Trinajstić information content (AvgIpc) is 3.03. The molecule has 0 atom stereocenters. The highest BCUT2D eigenvalue weighted by Crippen LogP contribution is 2.25. The van der Waals surface area contributed by atoms with Crippen LogP contribution in [0.4, 0.5) is 5.13 Å². The molecule has 0 saturated carbocycles. The Hall–Kier alpha value is -1.14. The molecule has 3 rings (SSSR count). The number of carbonyl (C=O) groups excluding carboxylic acids is 1. The van der Waals surface area contributed by atoms with Gasteiger partial charge in [-0.05, 0) is 25.7 Å². The Balaban J connectivity index is 1.46. The van der Waals surface area contributed by atoms with E-state index in [1.165, 1.54) is 0 Å². The molecule has 110 valence electrons. The molecule has 0 aliphatic carbocycles. The van der Waals surface area contributed by atoms with Crippen molar-refractivity contribution in [2.45, 2.75) is 31.7 Å². The van der Waals surface area contributed by atoms with Crippen molar-refractivity contribution in [1.82, 2.24) is 10.3 Å². The summed E-state index contributed by atoms with van der Waals surface area (Å²) in [4.78, 5) is 18.9. The number of aromatic nitrogens is 1. The Labute approximate surface area is 123 Å². The summed E-state index contributed by atoms with van der Waals surface area (Å²) in [5.41, 5.74) is 0. The van der Waals surface area contributed by atoms with E-state index in [2.05, 4.69) is 15.2 Å². The summed E-state index contributed by atoms with van der Waals surface area (Å²) < 4.78 is 5.32. The zero-order valence-electron chi connectivity index (χ0n) is 11.6. The van der Waals surface area contributed by atoms with Crippen molar-refractivity contribution >= 4 is 22.4 Å². The second-order valence-electron chi connectivity index (χ2n) is 5.47. The van der Waals surface area contributed by atoms with Crippen LogP contribution in [0.2, 0.25) is 0 Å². The van der Waals surface area contributed by atoms with E-state index >= 15 is 0 Å². The number of anilines is 1. The van der Waals surface area contributed by atoms with Crippen LogP contribution >= 0.6 is 11.3 Å². The van der Waals surface area contributed by atoms with Crippen LogP contribution in [0.25, 0.3) is 0 Å². The number of piperidine rings is 1. The maximum Gasteiger partial charge on any atom is 0.223 e. The molecule has 0 radical (unpaired) electrons. The van der Waals surface area contributed by atoms with Crippen molar-refractivity contribution in [3.05, 3.63) is 11.6 Å². The van der Waals surface area contributed by atoms with Gasteiger partial charge in [-0.1, -0.05) is 0 Å². The third-order valence-corrected chi connectivity index (χ3v) is 4.96. The first-order valence-corrected chi connectivity index (χ1v) is 8.23. The second-order valence-corrected chi connectivity index (χ2v) is 6.34. The molecule has 5 nitrogen and oxygen atoms in total. The number of carbonyl (C=O) groups is 1. The summed E-state index contributed by atoms with van der Waals surface area (Å²) in [5, 5.41) is 6.26. The van der Waals surface area contributed by atoms with Gasteiger partial charge in [0, 0.05) is 49.8 Å². The lowest BCUT2D eigenvalue weighted by Gasteiger charge is -2.32. The predicted octanol–water partition coefficient (Wildman–Crippen LogP) is 1.65. The van der Waals surface area contributed by atoms with E-state index in [9.17, 15) is 4.79 Å². The lowest BCUT2D eigenvalue weighted by molar-refractivity contribution is -0.126. The number of hydrogen-bond acceptors (Lipinski definition) is 5. The smallest absolute Gasteiger partial charge is 0.223 e. The van der Waals surface area contributed by atoms with Crippen LogP contribution < -0.4 is 10.2 Å². The zero-order chi connectivity index (χ0) is 13.8. The first-order valence-electron chi connectivity index (χ1n) is 7.35. The third kappa shape index (κ3) is 3.30. The van der Waals surface area contributed by atoms with E-state index in [0.717, 1.165) is 57.1 Å². The van der Waals surface area contributed by atoms with Crippen molar-refractivity contribution in [3.63, 3.8) is 0 Å². The van der Waals surface area contributed by atoms with Gasteiger partial charge in [-0.15, -0.1) is 11.3 Å². The molecule has 6 heteroatoms. The van der Waals surface area contributed by atoms with E-state index in [1.807, 2.05) is 11.6 Å². The van der Waals surface area contributed by atoms with Gasteiger partial charge in [-0.3, -0.25) is 4.79 Å². The highest BCUT2D eigenvalue weighted by Gasteiger charge is 2.27. The second kappa shape index (κ2) is 6.54. The molecule has 20 heavy (non-hydrogen) atoms. The van der Waals surface area contributed by atoms with E-state index in [4.69, 9.17) is 4.74 Å². The quantitative estimate of drug-likeness (QED) is 0.921. The van der Waals surface area contributed by atoms with Crippen molar-refractivity contribution < 1.29 is 9.53 Å². The molecule has 3 heterocycles. The molecular weight excluding hydrogens is 274 g/mol. The number of hydrogen-bond donors (Lipinski definition) is 1. The number of nitrogens with zero attached hydrogens (tertiary/aromatic N) is 2. The minimum Gasteiger partial charge on any atom is -0.381 e. The Kier molecular flexibility index (Phi) is 4.52. The van der Waals surface area contributed by atoms with Gasteiger partial charge in [0.1, 0.15) is 0 Å². The normalized spacial score (nSPS) is 21.9. The fourth-order valence-electron chi connectivity index (χ4n) is 2.87. The van der Waals surface area contributed by atoms with E-state index in [0.29, 0.717) is 6.04 Å². The summed E-state index contributed by atoms with van der Waals surface area (Å²) in [6.07, 6.45) is 5.58. The Bertz CT molecular complexity index is 424. The fraction of sp³-hybridized carbons (Fsp3) is 0.714. The highest BCUT2D eigenvalue weighted by molar-refractivity contribution is 7.13. The zero-order valence-corrected chi connectivity index (χ0v) is 12.4. The topological polar surface area (TPSA) is 54.5 Å².